The molecule has 0 radical (unpaired) electrons. The minimum absolute atomic E-state index is 0.288. The average Bonchev–Trinajstić information content (AvgIpc) is 2.36. The first-order chi connectivity index (χ1) is 9.02. The molecule has 1 aromatic carbocycles. The van der Waals surface area contributed by atoms with Crippen molar-refractivity contribution in [2.75, 3.05) is 11.4 Å². The van der Waals surface area contributed by atoms with Crippen molar-refractivity contribution in [3.8, 4) is 0 Å². The Morgan fingerprint density at radius 1 is 1.21 bits per heavy atom. The van der Waals surface area contributed by atoms with Gasteiger partial charge in [-0.05, 0) is 39.0 Å². The van der Waals surface area contributed by atoms with Gasteiger partial charge in [-0.25, -0.2) is 14.4 Å². The fraction of sp³-hybridized carbons (Fsp3) is 0.286. The summed E-state index contributed by atoms with van der Waals surface area (Å²) < 4.78 is 13.3. The Hall–Kier alpha value is -1.68. The second-order valence-electron chi connectivity index (χ2n) is 4.23. The molecule has 0 fully saturated rings. The molecule has 2 rings (SSSR count). The highest BCUT2D eigenvalue weighted by Crippen LogP contribution is 2.29. The zero-order valence-corrected chi connectivity index (χ0v) is 11.9. The van der Waals surface area contributed by atoms with Crippen LogP contribution >= 0.6 is 11.6 Å². The van der Waals surface area contributed by atoms with Gasteiger partial charge in [0.2, 0.25) is 0 Å². The highest BCUT2D eigenvalue weighted by molar-refractivity contribution is 6.31. The maximum atomic E-state index is 13.3. The third kappa shape index (κ3) is 2.84. The fourth-order valence-electron chi connectivity index (χ4n) is 1.83. The van der Waals surface area contributed by atoms with E-state index in [1.807, 2.05) is 31.7 Å². The summed E-state index contributed by atoms with van der Waals surface area (Å²) in [7, 11) is 0. The van der Waals surface area contributed by atoms with Crippen molar-refractivity contribution in [2.45, 2.75) is 20.8 Å². The van der Waals surface area contributed by atoms with E-state index in [4.69, 9.17) is 11.6 Å². The van der Waals surface area contributed by atoms with E-state index in [1.165, 1.54) is 12.1 Å². The summed E-state index contributed by atoms with van der Waals surface area (Å²) in [5, 5.41) is 0.328. The number of nitrogens with zero attached hydrogens (tertiary/aromatic N) is 3. The van der Waals surface area contributed by atoms with Crippen molar-refractivity contribution in [3.63, 3.8) is 0 Å². The number of hydrogen-bond acceptors (Lipinski definition) is 3. The summed E-state index contributed by atoms with van der Waals surface area (Å²) in [6.07, 6.45) is 0. The number of anilines is 2. The van der Waals surface area contributed by atoms with E-state index in [0.717, 1.165) is 11.4 Å². The van der Waals surface area contributed by atoms with Gasteiger partial charge in [0.25, 0.3) is 0 Å². The van der Waals surface area contributed by atoms with Gasteiger partial charge in [0, 0.05) is 12.2 Å². The third-order valence-electron chi connectivity index (χ3n) is 2.94. The standard InChI is InChI=1S/C14H15ClFN3/c1-4-19(12-7-5-6-11(16)8-12)14-13(15)17-9(2)10(3)18-14/h5-8H,4H2,1-3H3. The number of halogens is 2. The molecule has 0 amide bonds. The largest absolute Gasteiger partial charge is 0.324 e. The van der Waals surface area contributed by atoms with Crippen LogP contribution < -0.4 is 4.90 Å². The quantitative estimate of drug-likeness (QED) is 0.849. The molecule has 0 N–H and O–H groups in total. The lowest BCUT2D eigenvalue weighted by atomic mass is 10.2. The summed E-state index contributed by atoms with van der Waals surface area (Å²) in [5.74, 6) is 0.265. The minimum Gasteiger partial charge on any atom is -0.324 e. The normalized spacial score (nSPS) is 10.6. The molecule has 5 heteroatoms. The number of rotatable bonds is 3. The number of aromatic nitrogens is 2. The average molecular weight is 280 g/mol. The minimum atomic E-state index is -0.288. The number of hydrogen-bond donors (Lipinski definition) is 0. The molecule has 2 aromatic rings. The molecule has 1 aromatic heterocycles. The van der Waals surface area contributed by atoms with Crippen LogP contribution in [0.25, 0.3) is 0 Å². The van der Waals surface area contributed by atoms with Crippen LogP contribution in [0.2, 0.25) is 5.15 Å². The molecule has 0 spiro atoms. The van der Waals surface area contributed by atoms with E-state index in [0.29, 0.717) is 23.2 Å². The fourth-order valence-corrected chi connectivity index (χ4v) is 2.11. The summed E-state index contributed by atoms with van der Waals surface area (Å²) in [5.41, 5.74) is 2.32. The van der Waals surface area contributed by atoms with Crippen molar-refractivity contribution in [2.24, 2.45) is 0 Å². The Kier molecular flexibility index (Phi) is 4.00. The first-order valence-electron chi connectivity index (χ1n) is 6.06. The molecular weight excluding hydrogens is 265 g/mol. The van der Waals surface area contributed by atoms with Crippen LogP contribution in [-0.4, -0.2) is 16.5 Å². The smallest absolute Gasteiger partial charge is 0.172 e. The third-order valence-corrected chi connectivity index (χ3v) is 3.19. The van der Waals surface area contributed by atoms with Gasteiger partial charge in [0.05, 0.1) is 11.4 Å². The first-order valence-corrected chi connectivity index (χ1v) is 6.44. The Labute approximate surface area is 117 Å². The van der Waals surface area contributed by atoms with Crippen LogP contribution in [0.3, 0.4) is 0 Å². The molecule has 0 bridgehead atoms. The van der Waals surface area contributed by atoms with Crippen molar-refractivity contribution in [1.82, 2.24) is 9.97 Å². The van der Waals surface area contributed by atoms with E-state index in [-0.39, 0.29) is 5.82 Å². The SMILES string of the molecule is CCN(c1cccc(F)c1)c1nc(C)c(C)nc1Cl. The lowest BCUT2D eigenvalue weighted by molar-refractivity contribution is 0.627. The van der Waals surface area contributed by atoms with Crippen molar-refractivity contribution >= 4 is 23.1 Å². The second-order valence-corrected chi connectivity index (χ2v) is 4.59. The molecule has 0 saturated carbocycles. The highest BCUT2D eigenvalue weighted by atomic mass is 35.5. The lowest BCUT2D eigenvalue weighted by Crippen LogP contribution is -2.19. The zero-order chi connectivity index (χ0) is 14.0. The molecule has 1 heterocycles. The molecule has 0 unspecified atom stereocenters. The highest BCUT2D eigenvalue weighted by Gasteiger charge is 2.15. The second kappa shape index (κ2) is 5.53. The Morgan fingerprint density at radius 3 is 2.53 bits per heavy atom. The number of benzene rings is 1. The van der Waals surface area contributed by atoms with Crippen LogP contribution in [0.5, 0.6) is 0 Å². The molecule has 19 heavy (non-hydrogen) atoms. The molecule has 0 aliphatic heterocycles. The Balaban J connectivity index is 2.51. The van der Waals surface area contributed by atoms with E-state index in [9.17, 15) is 4.39 Å². The summed E-state index contributed by atoms with van der Waals surface area (Å²) in [4.78, 5) is 10.6. The molecule has 100 valence electrons. The van der Waals surface area contributed by atoms with E-state index < -0.39 is 0 Å². The van der Waals surface area contributed by atoms with E-state index >= 15 is 0 Å². The van der Waals surface area contributed by atoms with E-state index in [1.54, 1.807) is 6.07 Å². The maximum Gasteiger partial charge on any atom is 0.172 e. The maximum absolute atomic E-state index is 13.3. The Morgan fingerprint density at radius 2 is 1.89 bits per heavy atom. The first kappa shape index (κ1) is 13.7. The molecule has 0 aliphatic carbocycles. The Bertz CT molecular complexity index is 601. The molecule has 0 saturated heterocycles. The van der Waals surface area contributed by atoms with Gasteiger partial charge in [-0.15, -0.1) is 0 Å². The van der Waals surface area contributed by atoms with Gasteiger partial charge >= 0.3 is 0 Å². The van der Waals surface area contributed by atoms with Crippen LogP contribution in [0, 0.1) is 19.7 Å². The van der Waals surface area contributed by atoms with Gasteiger partial charge < -0.3 is 4.90 Å². The van der Waals surface area contributed by atoms with Crippen LogP contribution in [0.1, 0.15) is 18.3 Å². The topological polar surface area (TPSA) is 29.0 Å². The lowest BCUT2D eigenvalue weighted by Gasteiger charge is -2.23. The monoisotopic (exact) mass is 279 g/mol. The molecule has 3 nitrogen and oxygen atoms in total. The van der Waals surface area contributed by atoms with Gasteiger partial charge in [-0.1, -0.05) is 17.7 Å². The number of aryl methyl sites for hydroxylation is 2. The summed E-state index contributed by atoms with van der Waals surface area (Å²) in [6.45, 7) is 6.32. The van der Waals surface area contributed by atoms with Crippen molar-refractivity contribution < 1.29 is 4.39 Å². The summed E-state index contributed by atoms with van der Waals surface area (Å²) in [6, 6.07) is 6.34. The van der Waals surface area contributed by atoms with Gasteiger partial charge in [0.15, 0.2) is 11.0 Å². The van der Waals surface area contributed by atoms with Crippen LogP contribution in [-0.2, 0) is 0 Å². The van der Waals surface area contributed by atoms with Crippen LogP contribution in [0.4, 0.5) is 15.9 Å². The zero-order valence-electron chi connectivity index (χ0n) is 11.1. The van der Waals surface area contributed by atoms with Gasteiger partial charge in [-0.2, -0.15) is 0 Å². The van der Waals surface area contributed by atoms with Crippen molar-refractivity contribution in [3.05, 3.63) is 46.6 Å². The molecule has 0 atom stereocenters. The van der Waals surface area contributed by atoms with Crippen LogP contribution in [0.15, 0.2) is 24.3 Å². The molecule has 0 aliphatic rings. The van der Waals surface area contributed by atoms with Crippen molar-refractivity contribution in [1.29, 1.82) is 0 Å². The van der Waals surface area contributed by atoms with Gasteiger partial charge in [0.1, 0.15) is 5.82 Å². The van der Waals surface area contributed by atoms with E-state index in [2.05, 4.69) is 9.97 Å². The predicted molar refractivity (Wildman–Crippen MR) is 75.6 cm³/mol. The summed E-state index contributed by atoms with van der Waals surface area (Å²) >= 11 is 6.16. The molecular formula is C14H15ClFN3. The van der Waals surface area contributed by atoms with Gasteiger partial charge in [-0.3, -0.25) is 0 Å². The predicted octanol–water partition coefficient (Wildman–Crippen LogP) is 4.04.